The number of nitrogens with two attached hydrogens (primary N) is 1. The highest BCUT2D eigenvalue weighted by Gasteiger charge is 2.21. The van der Waals surface area contributed by atoms with Crippen LogP contribution < -0.4 is 16.6 Å². The van der Waals surface area contributed by atoms with Gasteiger partial charge in [0.2, 0.25) is 0 Å². The van der Waals surface area contributed by atoms with Gasteiger partial charge in [-0.05, 0) is 11.6 Å². The van der Waals surface area contributed by atoms with Crippen molar-refractivity contribution < 1.29 is 14.7 Å². The number of hydrazine groups is 1. The third-order valence-corrected chi connectivity index (χ3v) is 2.86. The summed E-state index contributed by atoms with van der Waals surface area (Å²) in [5.74, 6) is 4.47. The van der Waals surface area contributed by atoms with Gasteiger partial charge in [0.25, 0.3) is 5.91 Å². The van der Waals surface area contributed by atoms with Gasteiger partial charge in [-0.2, -0.15) is 0 Å². The molecule has 7 heteroatoms. The van der Waals surface area contributed by atoms with Crippen LogP contribution in [0.3, 0.4) is 0 Å². The first kappa shape index (κ1) is 12.9. The van der Waals surface area contributed by atoms with Crippen LogP contribution >= 0.6 is 0 Å². The van der Waals surface area contributed by atoms with Crippen LogP contribution in [0.4, 0.5) is 4.79 Å². The van der Waals surface area contributed by atoms with E-state index in [1.807, 2.05) is 29.7 Å². The Balaban J connectivity index is 2.25. The molecular weight excluding hydrogens is 248 g/mol. The van der Waals surface area contributed by atoms with Gasteiger partial charge in [0.1, 0.15) is 6.04 Å². The van der Waals surface area contributed by atoms with Crippen LogP contribution in [-0.2, 0) is 11.2 Å². The van der Waals surface area contributed by atoms with Crippen molar-refractivity contribution in [3.05, 3.63) is 36.0 Å². The van der Waals surface area contributed by atoms with E-state index in [4.69, 9.17) is 10.9 Å². The number of hydrogen-bond donors (Lipinski definition) is 5. The van der Waals surface area contributed by atoms with Crippen LogP contribution in [-0.4, -0.2) is 28.1 Å². The van der Waals surface area contributed by atoms with Gasteiger partial charge in [0.15, 0.2) is 0 Å². The van der Waals surface area contributed by atoms with Crippen LogP contribution in [0, 0.1) is 0 Å². The summed E-state index contributed by atoms with van der Waals surface area (Å²) in [5, 5.41) is 11.8. The molecule has 19 heavy (non-hydrogen) atoms. The standard InChI is InChI=1S/C12H14N4O3/c13-16-11(17)10(15-12(18)19)5-7-6-14-9-4-2-1-3-8(7)9/h1-4,6,10,14-15H,5,13H2,(H,16,17)(H,18,19). The van der Waals surface area contributed by atoms with Crippen molar-refractivity contribution in [3.8, 4) is 0 Å². The van der Waals surface area contributed by atoms with Crippen molar-refractivity contribution >= 4 is 22.9 Å². The number of nitrogens with one attached hydrogen (secondary N) is 3. The van der Waals surface area contributed by atoms with Crippen molar-refractivity contribution in [2.75, 3.05) is 0 Å². The number of carboxylic acid groups (broad SMARTS) is 1. The topological polar surface area (TPSA) is 120 Å². The molecule has 0 aliphatic heterocycles. The number of H-pyrrole nitrogens is 1. The van der Waals surface area contributed by atoms with Gasteiger partial charge in [0.05, 0.1) is 0 Å². The number of hydrogen-bond acceptors (Lipinski definition) is 3. The lowest BCUT2D eigenvalue weighted by Gasteiger charge is -2.14. The third kappa shape index (κ3) is 2.83. The van der Waals surface area contributed by atoms with Crippen LogP contribution in [0.25, 0.3) is 10.9 Å². The molecule has 2 rings (SSSR count). The van der Waals surface area contributed by atoms with Crippen LogP contribution in [0.2, 0.25) is 0 Å². The minimum atomic E-state index is -1.27. The number of aromatic amines is 1. The molecule has 1 heterocycles. The maximum atomic E-state index is 11.5. The predicted octanol–water partition coefficient (Wildman–Crippen LogP) is 0.337. The van der Waals surface area contributed by atoms with Crippen molar-refractivity contribution in [2.24, 2.45) is 5.84 Å². The molecule has 0 fully saturated rings. The minimum Gasteiger partial charge on any atom is -0.465 e. The summed E-state index contributed by atoms with van der Waals surface area (Å²) < 4.78 is 0. The van der Waals surface area contributed by atoms with Gasteiger partial charge >= 0.3 is 6.09 Å². The summed E-state index contributed by atoms with van der Waals surface area (Å²) in [6, 6.07) is 6.65. The number of carbonyl (C=O) groups excluding carboxylic acids is 1. The number of amides is 2. The van der Waals surface area contributed by atoms with E-state index >= 15 is 0 Å². The van der Waals surface area contributed by atoms with Crippen molar-refractivity contribution in [1.82, 2.24) is 15.7 Å². The third-order valence-electron chi connectivity index (χ3n) is 2.86. The summed E-state index contributed by atoms with van der Waals surface area (Å²) in [4.78, 5) is 25.3. The Morgan fingerprint density at radius 3 is 2.79 bits per heavy atom. The molecule has 1 aromatic carbocycles. The normalized spacial score (nSPS) is 12.1. The Bertz CT molecular complexity index is 608. The fourth-order valence-electron chi connectivity index (χ4n) is 1.98. The molecule has 100 valence electrons. The van der Waals surface area contributed by atoms with Gasteiger partial charge in [-0.1, -0.05) is 18.2 Å². The first-order valence-corrected chi connectivity index (χ1v) is 5.66. The molecule has 0 spiro atoms. The van der Waals surface area contributed by atoms with Crippen LogP contribution in [0.5, 0.6) is 0 Å². The van der Waals surface area contributed by atoms with E-state index in [9.17, 15) is 9.59 Å². The lowest BCUT2D eigenvalue weighted by atomic mass is 10.0. The Kier molecular flexibility index (Phi) is 3.67. The van der Waals surface area contributed by atoms with E-state index in [-0.39, 0.29) is 6.42 Å². The molecular formula is C12H14N4O3. The second-order valence-corrected chi connectivity index (χ2v) is 4.07. The molecule has 0 aliphatic carbocycles. The van der Waals surface area contributed by atoms with Crippen molar-refractivity contribution in [2.45, 2.75) is 12.5 Å². The number of carbonyl (C=O) groups is 2. The van der Waals surface area contributed by atoms with E-state index in [1.54, 1.807) is 6.20 Å². The second-order valence-electron chi connectivity index (χ2n) is 4.07. The van der Waals surface area contributed by atoms with Gasteiger partial charge in [-0.15, -0.1) is 0 Å². The SMILES string of the molecule is NNC(=O)C(Cc1c[nH]c2ccccc12)NC(=O)O. The van der Waals surface area contributed by atoms with Crippen LogP contribution in [0.15, 0.2) is 30.5 Å². The number of fused-ring (bicyclic) bond motifs is 1. The smallest absolute Gasteiger partial charge is 0.405 e. The molecule has 0 bridgehead atoms. The molecule has 7 nitrogen and oxygen atoms in total. The number of benzene rings is 1. The monoisotopic (exact) mass is 262 g/mol. The van der Waals surface area contributed by atoms with Gasteiger partial charge in [0, 0.05) is 23.5 Å². The van der Waals surface area contributed by atoms with Gasteiger partial charge in [-0.25, -0.2) is 10.6 Å². The number of para-hydroxylation sites is 1. The van der Waals surface area contributed by atoms with Crippen LogP contribution in [0.1, 0.15) is 5.56 Å². The Morgan fingerprint density at radius 2 is 2.11 bits per heavy atom. The van der Waals surface area contributed by atoms with Crippen molar-refractivity contribution in [1.29, 1.82) is 0 Å². The van der Waals surface area contributed by atoms with E-state index in [1.165, 1.54) is 0 Å². The minimum absolute atomic E-state index is 0.222. The molecule has 1 unspecified atom stereocenters. The molecule has 0 aliphatic rings. The Morgan fingerprint density at radius 1 is 1.37 bits per heavy atom. The molecule has 1 aromatic heterocycles. The van der Waals surface area contributed by atoms with E-state index in [0.29, 0.717) is 0 Å². The zero-order valence-corrected chi connectivity index (χ0v) is 10.0. The molecule has 6 N–H and O–H groups in total. The Hall–Kier alpha value is -2.54. The quantitative estimate of drug-likeness (QED) is 0.310. The van der Waals surface area contributed by atoms with E-state index in [2.05, 4.69) is 10.3 Å². The second kappa shape index (κ2) is 5.40. The molecule has 2 amide bonds. The highest BCUT2D eigenvalue weighted by atomic mass is 16.4. The fourth-order valence-corrected chi connectivity index (χ4v) is 1.98. The van der Waals surface area contributed by atoms with E-state index in [0.717, 1.165) is 16.5 Å². The molecule has 0 saturated carbocycles. The first-order valence-electron chi connectivity index (χ1n) is 5.66. The van der Waals surface area contributed by atoms with Gasteiger partial charge in [-0.3, -0.25) is 10.2 Å². The Labute approximate surface area is 108 Å². The largest absolute Gasteiger partial charge is 0.465 e. The number of aromatic nitrogens is 1. The average molecular weight is 262 g/mol. The summed E-state index contributed by atoms with van der Waals surface area (Å²) >= 11 is 0. The zero-order valence-electron chi connectivity index (χ0n) is 10.0. The molecule has 2 aromatic rings. The molecule has 0 radical (unpaired) electrons. The highest BCUT2D eigenvalue weighted by Crippen LogP contribution is 2.19. The highest BCUT2D eigenvalue weighted by molar-refractivity contribution is 5.87. The van der Waals surface area contributed by atoms with Crippen molar-refractivity contribution in [3.63, 3.8) is 0 Å². The lowest BCUT2D eigenvalue weighted by molar-refractivity contribution is -0.123. The molecule has 0 saturated heterocycles. The summed E-state index contributed by atoms with van der Waals surface area (Å²) in [7, 11) is 0. The zero-order chi connectivity index (χ0) is 13.8. The summed E-state index contributed by atoms with van der Waals surface area (Å²) in [6.07, 6.45) is 0.707. The fraction of sp³-hybridized carbons (Fsp3) is 0.167. The maximum Gasteiger partial charge on any atom is 0.405 e. The maximum absolute atomic E-state index is 11.5. The van der Waals surface area contributed by atoms with Gasteiger partial charge < -0.3 is 15.4 Å². The molecule has 1 atom stereocenters. The summed E-state index contributed by atoms with van der Waals surface area (Å²) in [6.45, 7) is 0. The average Bonchev–Trinajstić information content (AvgIpc) is 2.80. The first-order chi connectivity index (χ1) is 9.11. The predicted molar refractivity (Wildman–Crippen MR) is 69.3 cm³/mol. The van der Waals surface area contributed by atoms with E-state index < -0.39 is 18.0 Å². The number of rotatable bonds is 4. The lowest BCUT2D eigenvalue weighted by Crippen LogP contribution is -2.49. The summed E-state index contributed by atoms with van der Waals surface area (Å²) in [5.41, 5.74) is 3.73.